The molecule has 1 aliphatic heterocycles. The number of carbonyl (C=O) groups excluding carboxylic acids is 2. The molecule has 0 aliphatic carbocycles. The van der Waals surface area contributed by atoms with Crippen molar-refractivity contribution in [3.8, 4) is 11.5 Å². The van der Waals surface area contributed by atoms with Crippen LogP contribution in [0.2, 0.25) is 0 Å². The highest BCUT2D eigenvalue weighted by atomic mass is 16.5. The Kier molecular flexibility index (Phi) is 7.25. The van der Waals surface area contributed by atoms with Gasteiger partial charge in [0.2, 0.25) is 0 Å². The molecular formula is C28H29NO6. The Balaban J connectivity index is 1.79. The fraction of sp³-hybridized carbons (Fsp3) is 0.286. The highest BCUT2D eigenvalue weighted by molar-refractivity contribution is 6.46. The fourth-order valence-electron chi connectivity index (χ4n) is 4.09. The van der Waals surface area contributed by atoms with E-state index in [0.717, 1.165) is 6.42 Å². The lowest BCUT2D eigenvalue weighted by atomic mass is 9.95. The van der Waals surface area contributed by atoms with Crippen molar-refractivity contribution < 1.29 is 28.6 Å². The molecule has 1 N–H and O–H groups in total. The van der Waals surface area contributed by atoms with Crippen LogP contribution in [0.1, 0.15) is 43.2 Å². The maximum atomic E-state index is 13.2. The third-order valence-electron chi connectivity index (χ3n) is 5.95. The Morgan fingerprint density at radius 3 is 2.49 bits per heavy atom. The van der Waals surface area contributed by atoms with Gasteiger partial charge in [0, 0.05) is 5.56 Å². The number of rotatable bonds is 9. The lowest BCUT2D eigenvalue weighted by Gasteiger charge is -2.25. The van der Waals surface area contributed by atoms with Crippen LogP contribution < -0.4 is 9.47 Å². The zero-order valence-electron chi connectivity index (χ0n) is 20.1. The third kappa shape index (κ3) is 5.09. The topological polar surface area (TPSA) is 89.2 Å². The first-order valence-corrected chi connectivity index (χ1v) is 11.6. The second-order valence-electron chi connectivity index (χ2n) is 8.81. The first-order chi connectivity index (χ1) is 16.9. The number of Topliss-reactive ketones (excluding diaryl/α,β-unsaturated/α-hetero) is 1. The van der Waals surface area contributed by atoms with Crippen LogP contribution in [0.3, 0.4) is 0 Å². The molecule has 182 valence electrons. The lowest BCUT2D eigenvalue weighted by molar-refractivity contribution is -0.140. The number of carbonyl (C=O) groups is 2. The van der Waals surface area contributed by atoms with E-state index in [1.165, 1.54) is 18.3 Å². The second kappa shape index (κ2) is 10.5. The first kappa shape index (κ1) is 24.1. The lowest BCUT2D eigenvalue weighted by Crippen LogP contribution is -2.29. The van der Waals surface area contributed by atoms with Gasteiger partial charge in [0.15, 0.2) is 11.5 Å². The van der Waals surface area contributed by atoms with Gasteiger partial charge in [-0.05, 0) is 42.2 Å². The highest BCUT2D eigenvalue weighted by Gasteiger charge is 2.46. The zero-order valence-corrected chi connectivity index (χ0v) is 20.1. The second-order valence-corrected chi connectivity index (χ2v) is 8.81. The highest BCUT2D eigenvalue weighted by Crippen LogP contribution is 2.42. The monoisotopic (exact) mass is 475 g/mol. The van der Waals surface area contributed by atoms with Gasteiger partial charge in [-0.25, -0.2) is 0 Å². The van der Waals surface area contributed by atoms with Crippen molar-refractivity contribution in [1.29, 1.82) is 0 Å². The van der Waals surface area contributed by atoms with E-state index in [4.69, 9.17) is 13.9 Å². The number of benzene rings is 2. The molecule has 2 aromatic carbocycles. The standard InChI is InChI=1S/C28H29NO6/c1-18(2)13-15-35-22-12-11-20(16-23(22)33-3)25-24(26(30)19-8-5-4-6-9-19)27(31)28(32)29(25)17-21-10-7-14-34-21/h4-12,14,16,18,25,30H,13,15,17H2,1-3H3. The van der Waals surface area contributed by atoms with Gasteiger partial charge in [-0.15, -0.1) is 0 Å². The molecule has 1 aliphatic rings. The Morgan fingerprint density at radius 1 is 1.06 bits per heavy atom. The zero-order chi connectivity index (χ0) is 24.9. The van der Waals surface area contributed by atoms with E-state index in [-0.39, 0.29) is 17.9 Å². The van der Waals surface area contributed by atoms with Gasteiger partial charge < -0.3 is 23.9 Å². The summed E-state index contributed by atoms with van der Waals surface area (Å²) in [5, 5.41) is 11.1. The van der Waals surface area contributed by atoms with Crippen molar-refractivity contribution in [3.05, 3.63) is 89.4 Å². The van der Waals surface area contributed by atoms with E-state index in [9.17, 15) is 14.7 Å². The number of nitrogens with zero attached hydrogens (tertiary/aromatic N) is 1. The van der Waals surface area contributed by atoms with Gasteiger partial charge in [-0.2, -0.15) is 0 Å². The molecule has 2 heterocycles. The van der Waals surface area contributed by atoms with Crippen LogP contribution in [0.4, 0.5) is 0 Å². The van der Waals surface area contributed by atoms with E-state index < -0.39 is 17.7 Å². The molecular weight excluding hydrogens is 446 g/mol. The summed E-state index contributed by atoms with van der Waals surface area (Å²) in [6, 6.07) is 16.6. The maximum absolute atomic E-state index is 13.2. The van der Waals surface area contributed by atoms with Crippen molar-refractivity contribution in [2.75, 3.05) is 13.7 Å². The summed E-state index contributed by atoms with van der Waals surface area (Å²) in [5.41, 5.74) is 1.08. The normalized spacial score (nSPS) is 17.3. The van der Waals surface area contributed by atoms with Crippen LogP contribution in [-0.4, -0.2) is 35.4 Å². The first-order valence-electron chi connectivity index (χ1n) is 11.6. The molecule has 3 aromatic rings. The SMILES string of the molecule is COc1cc(C2C(=C(O)c3ccccc3)C(=O)C(=O)N2Cc2ccco2)ccc1OCCC(C)C. The molecule has 0 saturated carbocycles. The van der Waals surface area contributed by atoms with Gasteiger partial charge in [0.05, 0.1) is 38.1 Å². The molecule has 1 atom stereocenters. The Morgan fingerprint density at radius 2 is 1.83 bits per heavy atom. The number of ether oxygens (including phenoxy) is 2. The van der Waals surface area contributed by atoms with Gasteiger partial charge in [-0.3, -0.25) is 9.59 Å². The van der Waals surface area contributed by atoms with Gasteiger partial charge in [0.25, 0.3) is 11.7 Å². The summed E-state index contributed by atoms with van der Waals surface area (Å²) in [6.45, 7) is 4.86. The van der Waals surface area contributed by atoms with Crippen molar-refractivity contribution in [1.82, 2.24) is 4.90 Å². The number of hydrogen-bond donors (Lipinski definition) is 1. The van der Waals surface area contributed by atoms with Crippen LogP contribution in [0.25, 0.3) is 5.76 Å². The molecule has 7 nitrogen and oxygen atoms in total. The quantitative estimate of drug-likeness (QED) is 0.255. The molecule has 0 spiro atoms. The minimum atomic E-state index is -0.834. The van der Waals surface area contributed by atoms with Gasteiger partial charge in [-0.1, -0.05) is 50.2 Å². The molecule has 1 unspecified atom stereocenters. The summed E-state index contributed by atoms with van der Waals surface area (Å²) in [5.74, 6) is 0.390. The minimum Gasteiger partial charge on any atom is -0.507 e. The average molecular weight is 476 g/mol. The minimum absolute atomic E-state index is 0.0169. The summed E-state index contributed by atoms with van der Waals surface area (Å²) in [6.07, 6.45) is 2.41. The molecule has 7 heteroatoms. The van der Waals surface area contributed by atoms with E-state index >= 15 is 0 Å². The molecule has 1 aromatic heterocycles. The number of methoxy groups -OCH3 is 1. The number of likely N-dealkylation sites (tertiary alicyclic amines) is 1. The Labute approximate surface area is 204 Å². The van der Waals surface area contributed by atoms with Crippen LogP contribution in [0, 0.1) is 5.92 Å². The Hall–Kier alpha value is -4.00. The van der Waals surface area contributed by atoms with Crippen molar-refractivity contribution in [2.45, 2.75) is 32.9 Å². The molecule has 1 amide bonds. The number of amides is 1. The summed E-state index contributed by atoms with van der Waals surface area (Å²) >= 11 is 0. The van der Waals surface area contributed by atoms with Crippen LogP contribution >= 0.6 is 0 Å². The average Bonchev–Trinajstić information content (AvgIpc) is 3.46. The van der Waals surface area contributed by atoms with Crippen LogP contribution in [0.15, 0.2) is 76.9 Å². The number of hydrogen-bond acceptors (Lipinski definition) is 6. The van der Waals surface area contributed by atoms with Gasteiger partial charge in [0.1, 0.15) is 11.5 Å². The predicted octanol–water partition coefficient (Wildman–Crippen LogP) is 5.34. The molecule has 1 fully saturated rings. The van der Waals surface area contributed by atoms with E-state index in [1.54, 1.807) is 54.6 Å². The molecule has 0 bridgehead atoms. The third-order valence-corrected chi connectivity index (χ3v) is 5.95. The number of aliphatic hydroxyl groups is 1. The predicted molar refractivity (Wildman–Crippen MR) is 131 cm³/mol. The van der Waals surface area contributed by atoms with E-state index in [0.29, 0.717) is 40.9 Å². The molecule has 4 rings (SSSR count). The van der Waals surface area contributed by atoms with E-state index in [1.807, 2.05) is 6.07 Å². The maximum Gasteiger partial charge on any atom is 0.296 e. The summed E-state index contributed by atoms with van der Waals surface area (Å²) in [7, 11) is 1.54. The van der Waals surface area contributed by atoms with Crippen LogP contribution in [-0.2, 0) is 16.1 Å². The van der Waals surface area contributed by atoms with E-state index in [2.05, 4.69) is 13.8 Å². The van der Waals surface area contributed by atoms with Crippen molar-refractivity contribution >= 4 is 17.4 Å². The fourth-order valence-corrected chi connectivity index (χ4v) is 4.09. The summed E-state index contributed by atoms with van der Waals surface area (Å²) in [4.78, 5) is 27.7. The number of furan rings is 1. The van der Waals surface area contributed by atoms with Crippen LogP contribution in [0.5, 0.6) is 11.5 Å². The van der Waals surface area contributed by atoms with Crippen molar-refractivity contribution in [3.63, 3.8) is 0 Å². The smallest absolute Gasteiger partial charge is 0.296 e. The number of aliphatic hydroxyl groups excluding tert-OH is 1. The number of ketones is 1. The van der Waals surface area contributed by atoms with Gasteiger partial charge >= 0.3 is 0 Å². The molecule has 0 radical (unpaired) electrons. The summed E-state index contributed by atoms with van der Waals surface area (Å²) < 4.78 is 16.9. The molecule has 35 heavy (non-hydrogen) atoms. The van der Waals surface area contributed by atoms with Crippen molar-refractivity contribution in [2.24, 2.45) is 5.92 Å². The largest absolute Gasteiger partial charge is 0.507 e. The molecule has 1 saturated heterocycles. The Bertz CT molecular complexity index is 1210.